The lowest BCUT2D eigenvalue weighted by molar-refractivity contribution is -0.383. The molecule has 0 saturated carbocycles. The van der Waals surface area contributed by atoms with Crippen LogP contribution in [-0.2, 0) is 6.54 Å². The van der Waals surface area contributed by atoms with E-state index in [1.165, 1.54) is 12.5 Å². The molecule has 14 nitrogen and oxygen atoms in total. The van der Waals surface area contributed by atoms with Crippen LogP contribution in [0.3, 0.4) is 0 Å². The Kier molecular flexibility index (Phi) is 6.64. The maximum absolute atomic E-state index is 12.3. The van der Waals surface area contributed by atoms with Crippen molar-refractivity contribution in [3.63, 3.8) is 0 Å². The van der Waals surface area contributed by atoms with Crippen LogP contribution in [0.15, 0.2) is 36.9 Å². The summed E-state index contributed by atoms with van der Waals surface area (Å²) in [5, 5.41) is 21.6. The molecule has 3 aromatic rings. The first kappa shape index (κ1) is 24.6. The first-order chi connectivity index (χ1) is 19.1. The molecular weight excluding hydrogens is 504 g/mol. The molecule has 0 amide bonds. The second kappa shape index (κ2) is 10.5. The molecule has 0 aliphatic carbocycles. The highest BCUT2D eigenvalue weighted by Crippen LogP contribution is 2.36. The Hall–Kier alpha value is -4.77. The largest absolute Gasteiger partial charge is 0.454 e. The maximum Gasteiger partial charge on any atom is 0.353 e. The predicted molar refractivity (Wildman–Crippen MR) is 140 cm³/mol. The summed E-state index contributed by atoms with van der Waals surface area (Å²) in [7, 11) is 0. The number of anilines is 3. The molecule has 3 aliphatic heterocycles. The molecule has 0 N–H and O–H groups in total. The summed E-state index contributed by atoms with van der Waals surface area (Å²) in [5.41, 5.74) is 1.32. The van der Waals surface area contributed by atoms with Gasteiger partial charge in [0.05, 0.1) is 4.92 Å². The van der Waals surface area contributed by atoms with Crippen molar-refractivity contribution in [1.29, 1.82) is 5.26 Å². The minimum Gasteiger partial charge on any atom is -0.454 e. The number of aromatic nitrogens is 4. The van der Waals surface area contributed by atoms with Crippen LogP contribution in [0.1, 0.15) is 11.3 Å². The normalized spacial score (nSPS) is 17.3. The van der Waals surface area contributed by atoms with Gasteiger partial charge < -0.3 is 24.2 Å². The van der Waals surface area contributed by atoms with Crippen LogP contribution in [0.25, 0.3) is 0 Å². The number of benzene rings is 1. The van der Waals surface area contributed by atoms with Gasteiger partial charge in [0.2, 0.25) is 18.4 Å². The third-order valence-electron chi connectivity index (χ3n) is 7.14. The van der Waals surface area contributed by atoms with Gasteiger partial charge in [0.15, 0.2) is 23.0 Å². The van der Waals surface area contributed by atoms with Crippen molar-refractivity contribution in [2.75, 3.05) is 73.9 Å². The van der Waals surface area contributed by atoms with Gasteiger partial charge in [-0.15, -0.1) is 0 Å². The van der Waals surface area contributed by atoms with Gasteiger partial charge in [0.25, 0.3) is 0 Å². The number of ether oxygens (including phenoxy) is 2. The molecule has 3 aliphatic rings. The van der Waals surface area contributed by atoms with Crippen molar-refractivity contribution in [2.45, 2.75) is 6.54 Å². The van der Waals surface area contributed by atoms with Crippen LogP contribution in [0.5, 0.6) is 11.5 Å². The quantitative estimate of drug-likeness (QED) is 0.334. The molecule has 2 fully saturated rings. The van der Waals surface area contributed by atoms with E-state index in [-0.39, 0.29) is 23.1 Å². The van der Waals surface area contributed by atoms with E-state index in [1.54, 1.807) is 6.20 Å². The van der Waals surface area contributed by atoms with E-state index in [2.05, 4.69) is 30.9 Å². The monoisotopic (exact) mass is 530 g/mol. The number of piperazine rings is 2. The summed E-state index contributed by atoms with van der Waals surface area (Å²) >= 11 is 0. The van der Waals surface area contributed by atoms with Gasteiger partial charge >= 0.3 is 5.69 Å². The van der Waals surface area contributed by atoms with Crippen molar-refractivity contribution >= 4 is 23.1 Å². The second-order valence-corrected chi connectivity index (χ2v) is 9.39. The first-order valence-corrected chi connectivity index (χ1v) is 12.7. The fraction of sp³-hybridized carbons (Fsp3) is 0.400. The highest BCUT2D eigenvalue weighted by atomic mass is 16.7. The van der Waals surface area contributed by atoms with Gasteiger partial charge in [-0.25, -0.2) is 19.9 Å². The summed E-state index contributed by atoms with van der Waals surface area (Å²) in [6.07, 6.45) is 4.44. The van der Waals surface area contributed by atoms with Crippen molar-refractivity contribution in [3.8, 4) is 17.6 Å². The number of hydrogen-bond donors (Lipinski definition) is 0. The standard InChI is InChI=1S/C25H26N10O4/c26-14-19-23(28-4-3-27-19)32-9-11-34(12-10-32)25-22(35(36)37)24(29-16-30-25)33-7-5-31(6-8-33)15-18-1-2-20-21(13-18)39-17-38-20/h1-4,13,16H,5-12,15,17H2. The van der Waals surface area contributed by atoms with E-state index >= 15 is 0 Å². The van der Waals surface area contributed by atoms with Crippen LogP contribution < -0.4 is 24.2 Å². The Morgan fingerprint density at radius 2 is 1.46 bits per heavy atom. The van der Waals surface area contributed by atoms with E-state index in [1.807, 2.05) is 32.9 Å². The number of rotatable bonds is 6. The van der Waals surface area contributed by atoms with Crippen molar-refractivity contribution in [3.05, 3.63) is 58.3 Å². The van der Waals surface area contributed by atoms with E-state index in [0.717, 1.165) is 36.7 Å². The summed E-state index contributed by atoms with van der Waals surface area (Å²) in [4.78, 5) is 37.1. The fourth-order valence-electron chi connectivity index (χ4n) is 5.17. The molecule has 200 valence electrons. The van der Waals surface area contributed by atoms with Crippen LogP contribution in [-0.4, -0.2) is 88.9 Å². The number of nitriles is 1. The van der Waals surface area contributed by atoms with E-state index in [4.69, 9.17) is 9.47 Å². The average Bonchev–Trinajstić information content (AvgIpc) is 3.45. The molecule has 0 bridgehead atoms. The van der Waals surface area contributed by atoms with Gasteiger partial charge in [-0.3, -0.25) is 15.0 Å². The average molecular weight is 531 g/mol. The number of hydrogen-bond acceptors (Lipinski definition) is 13. The number of nitro groups is 1. The zero-order valence-electron chi connectivity index (χ0n) is 21.1. The molecule has 2 saturated heterocycles. The molecule has 0 atom stereocenters. The Bertz CT molecular complexity index is 1410. The Labute approximate surface area is 224 Å². The van der Waals surface area contributed by atoms with E-state index in [9.17, 15) is 15.4 Å². The minimum atomic E-state index is -0.382. The minimum absolute atomic E-state index is 0.0765. The van der Waals surface area contributed by atoms with Gasteiger partial charge in [-0.05, 0) is 17.7 Å². The smallest absolute Gasteiger partial charge is 0.353 e. The lowest BCUT2D eigenvalue weighted by atomic mass is 10.1. The maximum atomic E-state index is 12.3. The van der Waals surface area contributed by atoms with Crippen LogP contribution in [0, 0.1) is 21.4 Å². The predicted octanol–water partition coefficient (Wildman–Crippen LogP) is 1.42. The first-order valence-electron chi connectivity index (χ1n) is 12.7. The second-order valence-electron chi connectivity index (χ2n) is 9.39. The van der Waals surface area contributed by atoms with Crippen molar-refractivity contribution in [1.82, 2.24) is 24.8 Å². The SMILES string of the molecule is N#Cc1nccnc1N1CCN(c2ncnc(N3CCN(Cc4ccc5c(c4)OCO5)CC3)c2[N+](=O)[O-])CC1. The molecule has 6 rings (SSSR count). The summed E-state index contributed by atoms with van der Waals surface area (Å²) in [6.45, 7) is 5.74. The highest BCUT2D eigenvalue weighted by Gasteiger charge is 2.33. The Balaban J connectivity index is 1.13. The molecule has 39 heavy (non-hydrogen) atoms. The van der Waals surface area contributed by atoms with Gasteiger partial charge in [-0.2, -0.15) is 5.26 Å². The summed E-state index contributed by atoms with van der Waals surface area (Å²) in [6, 6.07) is 8.03. The van der Waals surface area contributed by atoms with Gasteiger partial charge in [-0.1, -0.05) is 6.07 Å². The molecule has 0 radical (unpaired) electrons. The van der Waals surface area contributed by atoms with Crippen molar-refractivity contribution < 1.29 is 14.4 Å². The highest BCUT2D eigenvalue weighted by molar-refractivity contribution is 5.72. The number of fused-ring (bicyclic) bond motifs is 1. The molecule has 5 heterocycles. The summed E-state index contributed by atoms with van der Waals surface area (Å²) in [5.74, 6) is 2.70. The lowest BCUT2D eigenvalue weighted by Gasteiger charge is -2.37. The van der Waals surface area contributed by atoms with Crippen LogP contribution >= 0.6 is 0 Å². The molecular formula is C25H26N10O4. The molecule has 2 aromatic heterocycles. The summed E-state index contributed by atoms with van der Waals surface area (Å²) < 4.78 is 10.9. The van der Waals surface area contributed by atoms with Crippen LogP contribution in [0.2, 0.25) is 0 Å². The fourth-order valence-corrected chi connectivity index (χ4v) is 5.17. The molecule has 14 heteroatoms. The van der Waals surface area contributed by atoms with E-state index in [0.29, 0.717) is 56.7 Å². The third kappa shape index (κ3) is 4.91. The Morgan fingerprint density at radius 1 is 0.846 bits per heavy atom. The topological polar surface area (TPSA) is 150 Å². The van der Waals surface area contributed by atoms with Gasteiger partial charge in [0, 0.05) is 71.3 Å². The third-order valence-corrected chi connectivity index (χ3v) is 7.14. The Morgan fingerprint density at radius 3 is 2.13 bits per heavy atom. The van der Waals surface area contributed by atoms with Gasteiger partial charge in [0.1, 0.15) is 12.4 Å². The van der Waals surface area contributed by atoms with Crippen LogP contribution in [0.4, 0.5) is 23.1 Å². The number of nitrogens with zero attached hydrogens (tertiary/aromatic N) is 10. The molecule has 0 unspecified atom stereocenters. The molecule has 0 spiro atoms. The van der Waals surface area contributed by atoms with Crippen molar-refractivity contribution in [2.24, 2.45) is 0 Å². The zero-order chi connectivity index (χ0) is 26.8. The van der Waals surface area contributed by atoms with E-state index < -0.39 is 0 Å². The lowest BCUT2D eigenvalue weighted by Crippen LogP contribution is -2.48. The molecule has 1 aromatic carbocycles. The zero-order valence-corrected chi connectivity index (χ0v) is 21.1.